The Morgan fingerprint density at radius 3 is 2.65 bits per heavy atom. The molecule has 1 rings (SSSR count). The second-order valence-corrected chi connectivity index (χ2v) is 4.17. The number of esters is 1. The number of aryl methyl sites for hydroxylation is 1. The van der Waals surface area contributed by atoms with E-state index in [1.807, 2.05) is 6.92 Å². The van der Waals surface area contributed by atoms with Crippen LogP contribution in [0, 0.1) is 6.92 Å². The van der Waals surface area contributed by atoms with Crippen LogP contribution < -0.4 is 10.6 Å². The average molecular weight is 280 g/mol. The van der Waals surface area contributed by atoms with Gasteiger partial charge in [-0.05, 0) is 27.7 Å². The number of carbonyl (C=O) groups is 2. The first-order valence-electron chi connectivity index (χ1n) is 6.54. The summed E-state index contributed by atoms with van der Waals surface area (Å²) in [5, 5.41) is 5.57. The van der Waals surface area contributed by atoms with E-state index in [-0.39, 0.29) is 5.91 Å². The maximum Gasteiger partial charge on any atom is 0.341 e. The van der Waals surface area contributed by atoms with E-state index in [1.54, 1.807) is 20.8 Å². The van der Waals surface area contributed by atoms with E-state index >= 15 is 0 Å². The molecule has 0 spiro atoms. The maximum atomic E-state index is 11.6. The lowest BCUT2D eigenvalue weighted by atomic mass is 10.2. The van der Waals surface area contributed by atoms with Crippen molar-refractivity contribution in [3.05, 3.63) is 17.5 Å². The Hall–Kier alpha value is -2.18. The molecule has 0 bridgehead atoms. The van der Waals surface area contributed by atoms with Crippen molar-refractivity contribution in [2.45, 2.75) is 33.7 Å². The van der Waals surface area contributed by atoms with Gasteiger partial charge in [0.1, 0.15) is 6.04 Å². The number of ether oxygens (including phenoxy) is 1. The van der Waals surface area contributed by atoms with E-state index in [9.17, 15) is 9.59 Å². The summed E-state index contributed by atoms with van der Waals surface area (Å²) in [6.07, 6.45) is 1.40. The quantitative estimate of drug-likeness (QED) is 0.752. The van der Waals surface area contributed by atoms with Gasteiger partial charge in [-0.15, -0.1) is 0 Å². The molecule has 1 unspecified atom stereocenters. The third-order valence-electron chi connectivity index (χ3n) is 2.56. The van der Waals surface area contributed by atoms with Crippen LogP contribution in [0.1, 0.15) is 36.8 Å². The van der Waals surface area contributed by atoms with Gasteiger partial charge in [0.05, 0.1) is 17.9 Å². The Labute approximate surface area is 118 Å². The summed E-state index contributed by atoms with van der Waals surface area (Å²) in [4.78, 5) is 31.4. The number of aromatic nitrogens is 2. The van der Waals surface area contributed by atoms with Crippen molar-refractivity contribution in [3.63, 3.8) is 0 Å². The van der Waals surface area contributed by atoms with E-state index in [0.29, 0.717) is 30.4 Å². The molecule has 1 amide bonds. The summed E-state index contributed by atoms with van der Waals surface area (Å²) < 4.78 is 4.90. The summed E-state index contributed by atoms with van der Waals surface area (Å²) >= 11 is 0. The van der Waals surface area contributed by atoms with E-state index in [0.717, 1.165) is 0 Å². The van der Waals surface area contributed by atoms with Crippen molar-refractivity contribution in [2.75, 3.05) is 18.5 Å². The standard InChI is InChI=1S/C13H20N4O3/c1-5-14-11(18)9(4)17-13-15-7-10(8(3)16-13)12(19)20-6-2/h7,9H,5-6H2,1-4H3,(H,14,18)(H,15,16,17). The van der Waals surface area contributed by atoms with Crippen LogP contribution in [0.2, 0.25) is 0 Å². The zero-order chi connectivity index (χ0) is 15.1. The molecule has 7 heteroatoms. The Kier molecular flexibility index (Phi) is 5.89. The molecule has 1 heterocycles. The highest BCUT2D eigenvalue weighted by Crippen LogP contribution is 2.09. The molecule has 1 aromatic heterocycles. The van der Waals surface area contributed by atoms with Crippen molar-refractivity contribution >= 4 is 17.8 Å². The van der Waals surface area contributed by atoms with Crippen molar-refractivity contribution in [1.29, 1.82) is 0 Å². The maximum absolute atomic E-state index is 11.6. The molecule has 0 aliphatic rings. The molecule has 0 aliphatic carbocycles. The van der Waals surface area contributed by atoms with E-state index in [1.165, 1.54) is 6.20 Å². The predicted octanol–water partition coefficient (Wildman–Crippen LogP) is 0.898. The van der Waals surface area contributed by atoms with Crippen molar-refractivity contribution in [1.82, 2.24) is 15.3 Å². The monoisotopic (exact) mass is 280 g/mol. The minimum Gasteiger partial charge on any atom is -0.462 e. The smallest absolute Gasteiger partial charge is 0.341 e. The summed E-state index contributed by atoms with van der Waals surface area (Å²) in [5.41, 5.74) is 0.826. The van der Waals surface area contributed by atoms with Crippen LogP contribution >= 0.6 is 0 Å². The molecule has 1 aromatic rings. The summed E-state index contributed by atoms with van der Waals surface area (Å²) in [7, 11) is 0. The fourth-order valence-electron chi connectivity index (χ4n) is 1.53. The second-order valence-electron chi connectivity index (χ2n) is 4.17. The first kappa shape index (κ1) is 15.9. The average Bonchev–Trinajstić information content (AvgIpc) is 2.39. The van der Waals surface area contributed by atoms with Gasteiger partial charge in [-0.1, -0.05) is 0 Å². The number of anilines is 1. The number of amides is 1. The van der Waals surface area contributed by atoms with Gasteiger partial charge in [0.2, 0.25) is 11.9 Å². The van der Waals surface area contributed by atoms with Gasteiger partial charge in [-0.3, -0.25) is 4.79 Å². The largest absolute Gasteiger partial charge is 0.462 e. The molecule has 1 atom stereocenters. The number of carbonyl (C=O) groups excluding carboxylic acids is 2. The molecular formula is C13H20N4O3. The molecule has 2 N–H and O–H groups in total. The molecule has 110 valence electrons. The zero-order valence-electron chi connectivity index (χ0n) is 12.2. The highest BCUT2D eigenvalue weighted by molar-refractivity contribution is 5.90. The van der Waals surface area contributed by atoms with Gasteiger partial charge in [0.15, 0.2) is 0 Å². The molecule has 0 aromatic carbocycles. The highest BCUT2D eigenvalue weighted by Gasteiger charge is 2.16. The topological polar surface area (TPSA) is 93.2 Å². The molecule has 20 heavy (non-hydrogen) atoms. The fourth-order valence-corrected chi connectivity index (χ4v) is 1.53. The number of rotatable bonds is 6. The van der Waals surface area contributed by atoms with Crippen molar-refractivity contribution in [2.24, 2.45) is 0 Å². The molecule has 0 saturated heterocycles. The minimum atomic E-state index is -0.456. The first-order valence-corrected chi connectivity index (χ1v) is 6.54. The van der Waals surface area contributed by atoms with Crippen LogP contribution in [-0.4, -0.2) is 41.0 Å². The molecule has 0 aliphatic heterocycles. The van der Waals surface area contributed by atoms with Crippen LogP contribution in [0.5, 0.6) is 0 Å². The molecule has 0 fully saturated rings. The fraction of sp³-hybridized carbons (Fsp3) is 0.538. The Morgan fingerprint density at radius 1 is 1.40 bits per heavy atom. The van der Waals surface area contributed by atoms with Crippen molar-refractivity contribution < 1.29 is 14.3 Å². The summed E-state index contributed by atoms with van der Waals surface area (Å²) in [6, 6.07) is -0.456. The lowest BCUT2D eigenvalue weighted by molar-refractivity contribution is -0.121. The van der Waals surface area contributed by atoms with E-state index in [4.69, 9.17) is 4.74 Å². The third kappa shape index (κ3) is 4.18. The van der Waals surface area contributed by atoms with Gasteiger partial charge in [-0.2, -0.15) is 0 Å². The Morgan fingerprint density at radius 2 is 2.10 bits per heavy atom. The number of likely N-dealkylation sites (N-methyl/N-ethyl adjacent to an activating group) is 1. The SMILES string of the molecule is CCNC(=O)C(C)Nc1ncc(C(=O)OCC)c(C)n1. The summed E-state index contributed by atoms with van der Waals surface area (Å²) in [6.45, 7) is 7.84. The van der Waals surface area contributed by atoms with Crippen LogP contribution in [-0.2, 0) is 9.53 Å². The number of hydrogen-bond acceptors (Lipinski definition) is 6. The van der Waals surface area contributed by atoms with Crippen LogP contribution in [0.4, 0.5) is 5.95 Å². The lowest BCUT2D eigenvalue weighted by Crippen LogP contribution is -2.37. The number of nitrogens with zero attached hydrogens (tertiary/aromatic N) is 2. The van der Waals surface area contributed by atoms with Gasteiger partial charge >= 0.3 is 5.97 Å². The van der Waals surface area contributed by atoms with Crippen LogP contribution in [0.3, 0.4) is 0 Å². The molecule has 7 nitrogen and oxygen atoms in total. The van der Waals surface area contributed by atoms with Gasteiger partial charge in [0.25, 0.3) is 0 Å². The van der Waals surface area contributed by atoms with E-state index < -0.39 is 12.0 Å². The van der Waals surface area contributed by atoms with E-state index in [2.05, 4.69) is 20.6 Å². The van der Waals surface area contributed by atoms with Crippen LogP contribution in [0.15, 0.2) is 6.20 Å². The molecular weight excluding hydrogens is 260 g/mol. The molecule has 0 radical (unpaired) electrons. The van der Waals surface area contributed by atoms with Gasteiger partial charge < -0.3 is 15.4 Å². The highest BCUT2D eigenvalue weighted by atomic mass is 16.5. The number of hydrogen-bond donors (Lipinski definition) is 2. The third-order valence-corrected chi connectivity index (χ3v) is 2.56. The predicted molar refractivity (Wildman–Crippen MR) is 74.5 cm³/mol. The summed E-state index contributed by atoms with van der Waals surface area (Å²) in [5.74, 6) is -0.286. The second kappa shape index (κ2) is 7.42. The zero-order valence-corrected chi connectivity index (χ0v) is 12.2. The number of nitrogens with one attached hydrogen (secondary N) is 2. The molecule has 0 saturated carbocycles. The van der Waals surface area contributed by atoms with Gasteiger partial charge in [-0.25, -0.2) is 14.8 Å². The normalized spacial score (nSPS) is 11.6. The minimum absolute atomic E-state index is 0.136. The lowest BCUT2D eigenvalue weighted by Gasteiger charge is -2.14. The first-order chi connectivity index (χ1) is 9.49. The Bertz CT molecular complexity index is 491. The van der Waals surface area contributed by atoms with Crippen molar-refractivity contribution in [3.8, 4) is 0 Å². The Balaban J connectivity index is 2.77. The van der Waals surface area contributed by atoms with Crippen LogP contribution in [0.25, 0.3) is 0 Å². The van der Waals surface area contributed by atoms with Gasteiger partial charge in [0, 0.05) is 12.7 Å².